The fourth-order valence-corrected chi connectivity index (χ4v) is 1.31. The van der Waals surface area contributed by atoms with E-state index in [-0.39, 0.29) is 23.0 Å². The molecule has 0 spiro atoms. The number of para-hydroxylation sites is 1. The zero-order valence-electron chi connectivity index (χ0n) is 8.07. The predicted octanol–water partition coefficient (Wildman–Crippen LogP) is 0.149. The third-order valence-corrected chi connectivity index (χ3v) is 2.06. The molecule has 0 saturated heterocycles. The van der Waals surface area contributed by atoms with Gasteiger partial charge in [-0.1, -0.05) is 12.1 Å². The maximum absolute atomic E-state index is 10.8. The van der Waals surface area contributed by atoms with Crippen LogP contribution in [0.5, 0.6) is 0 Å². The molecule has 0 fully saturated rings. The largest absolute Gasteiger partial charge is 0.366 e. The molecule has 2 rings (SSSR count). The van der Waals surface area contributed by atoms with Crippen LogP contribution in [0.3, 0.4) is 0 Å². The Hall–Kier alpha value is -2.64. The molecule has 0 radical (unpaired) electrons. The molecule has 1 aromatic carbocycles. The number of hydrogen-bond acceptors (Lipinski definition) is 6. The molecule has 4 N–H and O–H groups in total. The first-order valence-electron chi connectivity index (χ1n) is 4.31. The first kappa shape index (κ1) is 9.90. The minimum Gasteiger partial charge on any atom is -0.366 e. The van der Waals surface area contributed by atoms with Crippen molar-refractivity contribution in [2.24, 2.45) is 0 Å². The van der Waals surface area contributed by atoms with Crippen LogP contribution in [0.4, 0.5) is 11.6 Å². The van der Waals surface area contributed by atoms with Gasteiger partial charge in [0, 0.05) is 6.07 Å². The van der Waals surface area contributed by atoms with Crippen LogP contribution in [0.2, 0.25) is 0 Å². The van der Waals surface area contributed by atoms with Crippen LogP contribution in [-0.2, 0) is 0 Å². The van der Waals surface area contributed by atoms with Crippen molar-refractivity contribution in [3.8, 4) is 11.4 Å². The number of aromatic nitrogens is 3. The number of rotatable bonds is 2. The Balaban J connectivity index is 2.64. The molecule has 2 aromatic rings. The molecule has 0 saturated carbocycles. The third kappa shape index (κ3) is 1.41. The normalized spacial score (nSPS) is 10.2. The molecule has 1 heterocycles. The summed E-state index contributed by atoms with van der Waals surface area (Å²) in [5.74, 6) is 5.70. The van der Waals surface area contributed by atoms with Crippen molar-refractivity contribution in [1.82, 2.24) is 14.9 Å². The molecule has 82 valence electrons. The van der Waals surface area contributed by atoms with Crippen molar-refractivity contribution in [3.05, 3.63) is 34.4 Å². The monoisotopic (exact) mass is 220 g/mol. The first-order chi connectivity index (χ1) is 7.61. The van der Waals surface area contributed by atoms with Crippen LogP contribution in [0.15, 0.2) is 24.3 Å². The van der Waals surface area contributed by atoms with Crippen LogP contribution in [0.1, 0.15) is 0 Å². The lowest BCUT2D eigenvalue weighted by Crippen LogP contribution is -2.13. The fourth-order valence-electron chi connectivity index (χ4n) is 1.31. The van der Waals surface area contributed by atoms with Gasteiger partial charge in [0.15, 0.2) is 5.82 Å². The molecule has 0 aliphatic heterocycles. The van der Waals surface area contributed by atoms with E-state index in [2.05, 4.69) is 10.2 Å². The average molecular weight is 220 g/mol. The molecule has 16 heavy (non-hydrogen) atoms. The Bertz CT molecular complexity index is 549. The van der Waals surface area contributed by atoms with Gasteiger partial charge in [-0.05, 0) is 6.07 Å². The molecular formula is C8H8N6O2. The predicted molar refractivity (Wildman–Crippen MR) is 56.7 cm³/mol. The second-order valence-electron chi connectivity index (χ2n) is 3.03. The highest BCUT2D eigenvalue weighted by atomic mass is 16.6. The molecule has 1 aromatic heterocycles. The van der Waals surface area contributed by atoms with Crippen LogP contribution in [0, 0.1) is 10.1 Å². The van der Waals surface area contributed by atoms with E-state index < -0.39 is 4.92 Å². The molecular weight excluding hydrogens is 212 g/mol. The summed E-state index contributed by atoms with van der Waals surface area (Å²) in [6.07, 6.45) is 0. The van der Waals surface area contributed by atoms with Gasteiger partial charge < -0.3 is 11.6 Å². The molecule has 0 amide bonds. The topological polar surface area (TPSA) is 126 Å². The highest BCUT2D eigenvalue weighted by Gasteiger charge is 2.19. The van der Waals surface area contributed by atoms with Gasteiger partial charge >= 0.3 is 0 Å². The van der Waals surface area contributed by atoms with Crippen LogP contribution in [0.25, 0.3) is 11.4 Å². The second-order valence-corrected chi connectivity index (χ2v) is 3.03. The lowest BCUT2D eigenvalue weighted by Gasteiger charge is -2.01. The fraction of sp³-hybridized carbons (Fsp3) is 0. The number of nitro groups is 1. The van der Waals surface area contributed by atoms with E-state index in [9.17, 15) is 10.1 Å². The Labute approximate surface area is 89.6 Å². The van der Waals surface area contributed by atoms with E-state index in [1.807, 2.05) is 0 Å². The standard InChI is InChI=1S/C8H8N6O2/c9-8-12-11-7(13(8)10)5-3-1-2-4-6(5)14(15)16/h1-4H,10H2,(H2,9,12). The zero-order chi connectivity index (χ0) is 11.7. The minimum absolute atomic E-state index is 0.00634. The summed E-state index contributed by atoms with van der Waals surface area (Å²) in [5.41, 5.74) is 5.58. The van der Waals surface area contributed by atoms with Crippen LogP contribution < -0.4 is 11.6 Å². The Morgan fingerprint density at radius 3 is 2.56 bits per heavy atom. The summed E-state index contributed by atoms with van der Waals surface area (Å²) in [7, 11) is 0. The second kappa shape index (κ2) is 3.50. The van der Waals surface area contributed by atoms with E-state index in [1.165, 1.54) is 12.1 Å². The van der Waals surface area contributed by atoms with Gasteiger partial charge in [-0.3, -0.25) is 10.1 Å². The maximum atomic E-state index is 10.8. The van der Waals surface area contributed by atoms with Crippen molar-refractivity contribution in [2.75, 3.05) is 11.6 Å². The lowest BCUT2D eigenvalue weighted by atomic mass is 10.2. The van der Waals surface area contributed by atoms with Crippen molar-refractivity contribution in [2.45, 2.75) is 0 Å². The smallest absolute Gasteiger partial charge is 0.280 e. The number of nitrogens with two attached hydrogens (primary N) is 2. The van der Waals surface area contributed by atoms with E-state index in [0.717, 1.165) is 4.68 Å². The highest BCUT2D eigenvalue weighted by Crippen LogP contribution is 2.27. The third-order valence-electron chi connectivity index (χ3n) is 2.06. The van der Waals surface area contributed by atoms with E-state index in [4.69, 9.17) is 11.6 Å². The quantitative estimate of drug-likeness (QED) is 0.421. The summed E-state index contributed by atoms with van der Waals surface area (Å²) in [4.78, 5) is 10.3. The van der Waals surface area contributed by atoms with E-state index in [0.29, 0.717) is 0 Å². The SMILES string of the molecule is Nc1nnc(-c2ccccc2[N+](=O)[O-])n1N. The number of benzene rings is 1. The molecule has 0 aliphatic carbocycles. The summed E-state index contributed by atoms with van der Waals surface area (Å²) < 4.78 is 1.00. The van der Waals surface area contributed by atoms with Crippen molar-refractivity contribution in [1.29, 1.82) is 0 Å². The van der Waals surface area contributed by atoms with Gasteiger partial charge in [-0.25, -0.2) is 4.68 Å². The van der Waals surface area contributed by atoms with Gasteiger partial charge in [0.05, 0.1) is 10.5 Å². The first-order valence-corrected chi connectivity index (χ1v) is 4.31. The maximum Gasteiger partial charge on any atom is 0.280 e. The average Bonchev–Trinajstić information content (AvgIpc) is 2.60. The molecule has 0 atom stereocenters. The Kier molecular flexibility index (Phi) is 2.16. The molecule has 0 bridgehead atoms. The summed E-state index contributed by atoms with van der Waals surface area (Å²) in [5, 5.41) is 18.0. The summed E-state index contributed by atoms with van der Waals surface area (Å²) in [6.45, 7) is 0. The molecule has 8 nitrogen and oxygen atoms in total. The molecule has 0 unspecified atom stereocenters. The summed E-state index contributed by atoms with van der Waals surface area (Å²) in [6, 6.07) is 6.10. The number of hydrogen-bond donors (Lipinski definition) is 2. The molecule has 0 aliphatic rings. The van der Waals surface area contributed by atoms with Crippen LogP contribution >= 0.6 is 0 Å². The number of nitro benzene ring substituents is 1. The van der Waals surface area contributed by atoms with Gasteiger partial charge in [0.1, 0.15) is 0 Å². The van der Waals surface area contributed by atoms with Gasteiger partial charge in [0.25, 0.3) is 5.69 Å². The highest BCUT2D eigenvalue weighted by molar-refractivity contribution is 5.68. The van der Waals surface area contributed by atoms with Gasteiger partial charge in [-0.2, -0.15) is 0 Å². The Morgan fingerprint density at radius 1 is 1.31 bits per heavy atom. The van der Waals surface area contributed by atoms with Gasteiger partial charge in [0.2, 0.25) is 5.95 Å². The summed E-state index contributed by atoms with van der Waals surface area (Å²) >= 11 is 0. The molecule has 8 heteroatoms. The van der Waals surface area contributed by atoms with Crippen molar-refractivity contribution >= 4 is 11.6 Å². The van der Waals surface area contributed by atoms with Crippen LogP contribution in [-0.4, -0.2) is 19.8 Å². The van der Waals surface area contributed by atoms with E-state index >= 15 is 0 Å². The van der Waals surface area contributed by atoms with Gasteiger partial charge in [-0.15, -0.1) is 10.2 Å². The van der Waals surface area contributed by atoms with Crippen molar-refractivity contribution < 1.29 is 4.92 Å². The lowest BCUT2D eigenvalue weighted by molar-refractivity contribution is -0.384. The Morgan fingerprint density at radius 2 is 2.00 bits per heavy atom. The van der Waals surface area contributed by atoms with Crippen molar-refractivity contribution in [3.63, 3.8) is 0 Å². The number of nitrogens with zero attached hydrogens (tertiary/aromatic N) is 4. The number of anilines is 1. The van der Waals surface area contributed by atoms with E-state index in [1.54, 1.807) is 12.1 Å². The number of nitrogen functional groups attached to an aromatic ring is 2. The zero-order valence-corrected chi connectivity index (χ0v) is 8.07. The minimum atomic E-state index is -0.514.